The summed E-state index contributed by atoms with van der Waals surface area (Å²) >= 11 is 0. The summed E-state index contributed by atoms with van der Waals surface area (Å²) < 4.78 is 15.0. The van der Waals surface area contributed by atoms with Crippen molar-refractivity contribution in [1.29, 1.82) is 0 Å². The van der Waals surface area contributed by atoms with E-state index in [0.29, 0.717) is 0 Å². The zero-order chi connectivity index (χ0) is 12.4. The molecule has 0 saturated carbocycles. The molecule has 17 heavy (non-hydrogen) atoms. The topological polar surface area (TPSA) is 81.2 Å². The molecule has 0 unspecified atom stereocenters. The summed E-state index contributed by atoms with van der Waals surface area (Å²) in [4.78, 5) is 9.76. The van der Waals surface area contributed by atoms with Crippen molar-refractivity contribution in [1.82, 2.24) is 9.78 Å². The first kappa shape index (κ1) is 11.1. The van der Waals surface area contributed by atoms with Crippen LogP contribution in [0.4, 0.5) is 10.1 Å². The first-order valence-corrected chi connectivity index (χ1v) is 4.71. The summed E-state index contributed by atoms with van der Waals surface area (Å²) in [5.74, 6) is -0.927. The Labute approximate surface area is 95.1 Å². The molecular formula is C10H8FN3O3. The Balaban J connectivity index is 2.33. The van der Waals surface area contributed by atoms with Gasteiger partial charge in [-0.1, -0.05) is 12.1 Å². The maximum Gasteiger partial charge on any atom is 0.305 e. The predicted molar refractivity (Wildman–Crippen MR) is 56.0 cm³/mol. The molecule has 1 heterocycles. The van der Waals surface area contributed by atoms with E-state index in [1.54, 1.807) is 0 Å². The van der Waals surface area contributed by atoms with Gasteiger partial charge in [-0.15, -0.1) is 0 Å². The van der Waals surface area contributed by atoms with E-state index in [4.69, 9.17) is 5.11 Å². The zero-order valence-corrected chi connectivity index (χ0v) is 8.58. The molecule has 1 N–H and O–H groups in total. The number of halogens is 1. The van der Waals surface area contributed by atoms with Crippen LogP contribution in [0.2, 0.25) is 0 Å². The van der Waals surface area contributed by atoms with Crippen molar-refractivity contribution in [2.45, 2.75) is 6.54 Å². The molecule has 0 saturated heterocycles. The molecule has 0 aliphatic rings. The van der Waals surface area contributed by atoms with Gasteiger partial charge >= 0.3 is 5.69 Å². The molecule has 1 aromatic heterocycles. The van der Waals surface area contributed by atoms with E-state index < -0.39 is 16.4 Å². The van der Waals surface area contributed by atoms with Crippen molar-refractivity contribution < 1.29 is 14.4 Å². The summed E-state index contributed by atoms with van der Waals surface area (Å²) in [5.41, 5.74) is -0.429. The molecule has 88 valence electrons. The number of nitro benzene ring substituents is 1. The van der Waals surface area contributed by atoms with Gasteiger partial charge in [0.05, 0.1) is 23.9 Å². The van der Waals surface area contributed by atoms with E-state index in [1.807, 2.05) is 0 Å². The van der Waals surface area contributed by atoms with Gasteiger partial charge in [-0.2, -0.15) is 9.49 Å². The highest BCUT2D eigenvalue weighted by atomic mass is 19.1. The maximum absolute atomic E-state index is 13.7. The van der Waals surface area contributed by atoms with Crippen LogP contribution in [0.5, 0.6) is 5.75 Å². The summed E-state index contributed by atoms with van der Waals surface area (Å²) in [6.07, 6.45) is 2.51. The third-order valence-corrected chi connectivity index (χ3v) is 2.21. The lowest BCUT2D eigenvalue weighted by Gasteiger charge is -2.03. The lowest BCUT2D eigenvalue weighted by Crippen LogP contribution is -2.04. The molecule has 0 amide bonds. The highest BCUT2D eigenvalue weighted by Gasteiger charge is 2.17. The number of nitrogens with zero attached hydrogens (tertiary/aromatic N) is 3. The van der Waals surface area contributed by atoms with Crippen molar-refractivity contribution in [3.8, 4) is 5.75 Å². The fraction of sp³-hybridized carbons (Fsp3) is 0.100. The van der Waals surface area contributed by atoms with Crippen molar-refractivity contribution in [2.75, 3.05) is 0 Å². The largest absolute Gasteiger partial charge is 0.505 e. The summed E-state index contributed by atoms with van der Waals surface area (Å²) in [5, 5.41) is 23.3. The average molecular weight is 237 g/mol. The van der Waals surface area contributed by atoms with Crippen LogP contribution in [0.15, 0.2) is 30.6 Å². The number of hydrogen-bond donors (Lipinski definition) is 1. The van der Waals surface area contributed by atoms with Gasteiger partial charge in [-0.25, -0.2) is 0 Å². The molecule has 0 radical (unpaired) electrons. The lowest BCUT2D eigenvalue weighted by atomic mass is 10.2. The highest BCUT2D eigenvalue weighted by molar-refractivity contribution is 5.36. The summed E-state index contributed by atoms with van der Waals surface area (Å²) in [6.45, 7) is 0.0219. The summed E-state index contributed by atoms with van der Waals surface area (Å²) in [7, 11) is 0. The third-order valence-electron chi connectivity index (χ3n) is 2.21. The van der Waals surface area contributed by atoms with Crippen LogP contribution in [-0.2, 0) is 6.54 Å². The minimum Gasteiger partial charge on any atom is -0.505 e. The smallest absolute Gasteiger partial charge is 0.305 e. The highest BCUT2D eigenvalue weighted by Crippen LogP contribution is 2.21. The maximum atomic E-state index is 13.7. The molecule has 6 nitrogen and oxygen atoms in total. The van der Waals surface area contributed by atoms with Gasteiger partial charge in [-0.3, -0.25) is 14.8 Å². The number of aromatic nitrogens is 2. The van der Waals surface area contributed by atoms with E-state index in [9.17, 15) is 14.5 Å². The van der Waals surface area contributed by atoms with Crippen LogP contribution in [-0.4, -0.2) is 19.8 Å². The molecular weight excluding hydrogens is 229 g/mol. The Morgan fingerprint density at radius 2 is 2.29 bits per heavy atom. The normalized spacial score (nSPS) is 10.4. The fourth-order valence-corrected chi connectivity index (χ4v) is 1.44. The van der Waals surface area contributed by atoms with Crippen molar-refractivity contribution in [3.63, 3.8) is 0 Å². The van der Waals surface area contributed by atoms with Gasteiger partial charge in [0, 0.05) is 11.6 Å². The molecule has 0 atom stereocenters. The molecule has 2 aromatic rings. The first-order chi connectivity index (χ1) is 8.08. The quantitative estimate of drug-likeness (QED) is 0.650. The second kappa shape index (κ2) is 4.20. The summed E-state index contributed by atoms with van der Waals surface area (Å²) in [6, 6.07) is 3.93. The second-order valence-corrected chi connectivity index (χ2v) is 3.40. The Bertz CT molecular complexity index is 568. The van der Waals surface area contributed by atoms with E-state index in [1.165, 1.54) is 29.2 Å². The number of benzene rings is 1. The van der Waals surface area contributed by atoms with Crippen LogP contribution < -0.4 is 0 Å². The van der Waals surface area contributed by atoms with E-state index >= 15 is 0 Å². The van der Waals surface area contributed by atoms with Crippen molar-refractivity contribution in [2.24, 2.45) is 0 Å². The van der Waals surface area contributed by atoms with Crippen LogP contribution >= 0.6 is 0 Å². The van der Waals surface area contributed by atoms with E-state index in [2.05, 4.69) is 5.10 Å². The molecule has 0 fully saturated rings. The monoisotopic (exact) mass is 237 g/mol. The number of rotatable bonds is 3. The first-order valence-electron chi connectivity index (χ1n) is 4.71. The molecule has 0 aliphatic carbocycles. The van der Waals surface area contributed by atoms with Gasteiger partial charge < -0.3 is 5.11 Å². The van der Waals surface area contributed by atoms with Gasteiger partial charge in [0.2, 0.25) is 5.82 Å². The predicted octanol–water partition coefficient (Wildman–Crippen LogP) is 1.68. The van der Waals surface area contributed by atoms with Crippen LogP contribution in [0.25, 0.3) is 0 Å². The minimum atomic E-state index is -0.882. The minimum absolute atomic E-state index is 0.0219. The van der Waals surface area contributed by atoms with Crippen molar-refractivity contribution >= 4 is 5.69 Å². The number of nitro groups is 1. The third kappa shape index (κ3) is 2.22. The average Bonchev–Trinajstić information content (AvgIpc) is 2.67. The van der Waals surface area contributed by atoms with E-state index in [0.717, 1.165) is 6.07 Å². The zero-order valence-electron chi connectivity index (χ0n) is 8.58. The van der Waals surface area contributed by atoms with Crippen LogP contribution in [0.3, 0.4) is 0 Å². The molecule has 0 aliphatic heterocycles. The van der Waals surface area contributed by atoms with Crippen molar-refractivity contribution in [3.05, 3.63) is 52.1 Å². The van der Waals surface area contributed by atoms with E-state index in [-0.39, 0.29) is 17.9 Å². The molecule has 0 bridgehead atoms. The SMILES string of the molecule is O=[N+]([O-])c1cccc(Cn2cc(O)cn2)c1F. The standard InChI is InChI=1S/C10H8FN3O3/c11-10-7(2-1-3-9(10)14(16)17)5-13-6-8(15)4-12-13/h1-4,6,15H,5H2. The van der Waals surface area contributed by atoms with Gasteiger partial charge in [-0.05, 0) is 0 Å². The second-order valence-electron chi connectivity index (χ2n) is 3.40. The molecule has 1 aromatic carbocycles. The Morgan fingerprint density at radius 3 is 2.88 bits per heavy atom. The van der Waals surface area contributed by atoms with Crippen LogP contribution in [0, 0.1) is 15.9 Å². The Hall–Kier alpha value is -2.44. The fourth-order valence-electron chi connectivity index (χ4n) is 1.44. The number of hydrogen-bond acceptors (Lipinski definition) is 4. The Morgan fingerprint density at radius 1 is 1.53 bits per heavy atom. The molecule has 0 spiro atoms. The number of aromatic hydroxyl groups is 1. The van der Waals surface area contributed by atoms with Crippen LogP contribution in [0.1, 0.15) is 5.56 Å². The molecule has 7 heteroatoms. The van der Waals surface area contributed by atoms with Gasteiger partial charge in [0.1, 0.15) is 0 Å². The Kier molecular flexibility index (Phi) is 2.73. The lowest BCUT2D eigenvalue weighted by molar-refractivity contribution is -0.387. The van der Waals surface area contributed by atoms with Gasteiger partial charge in [0.15, 0.2) is 5.75 Å². The van der Waals surface area contributed by atoms with Gasteiger partial charge in [0.25, 0.3) is 0 Å². The molecule has 2 rings (SSSR count).